The highest BCUT2D eigenvalue weighted by atomic mass is 16.5. The van der Waals surface area contributed by atoms with Crippen LogP contribution in [0.15, 0.2) is 95.1 Å². The molecule has 2 fully saturated rings. The summed E-state index contributed by atoms with van der Waals surface area (Å²) in [6, 6.07) is 21.2. The number of allylic oxidation sites excluding steroid dienone is 8. The van der Waals surface area contributed by atoms with Crippen molar-refractivity contribution in [2.45, 2.75) is 164 Å². The van der Waals surface area contributed by atoms with Crippen molar-refractivity contribution in [1.82, 2.24) is 0 Å². The average molecular weight is 861 g/mol. The molecule has 4 aromatic rings. The van der Waals surface area contributed by atoms with Crippen molar-refractivity contribution in [3.8, 4) is 45.3 Å². The summed E-state index contributed by atoms with van der Waals surface area (Å²) in [5.74, 6) is 2.60. The van der Waals surface area contributed by atoms with Gasteiger partial charge in [0.2, 0.25) is 0 Å². The molecule has 340 valence electrons. The molecule has 0 aliphatic heterocycles. The Morgan fingerprint density at radius 2 is 1.23 bits per heavy atom. The number of hydrogen-bond donors (Lipinski definition) is 2. The summed E-state index contributed by atoms with van der Waals surface area (Å²) >= 11 is 0. The molecule has 0 radical (unpaired) electrons. The minimum Gasteiger partial charge on any atom is -0.507 e. The zero-order valence-electron chi connectivity index (χ0n) is 40.4. The van der Waals surface area contributed by atoms with Gasteiger partial charge in [0, 0.05) is 39.8 Å². The molecule has 3 aliphatic rings. The van der Waals surface area contributed by atoms with E-state index in [-0.39, 0.29) is 0 Å². The van der Waals surface area contributed by atoms with Gasteiger partial charge in [0.15, 0.2) is 0 Å². The van der Waals surface area contributed by atoms with Crippen LogP contribution in [-0.2, 0) is 0 Å². The Morgan fingerprint density at radius 3 is 1.92 bits per heavy atom. The molecule has 0 bridgehead atoms. The summed E-state index contributed by atoms with van der Waals surface area (Å²) < 4.78 is 13.2. The molecule has 0 amide bonds. The molecule has 1 atom stereocenters. The number of unbranched alkanes of at least 4 members (excludes halogenated alkanes) is 1. The Hall–Kier alpha value is -4.96. The molecule has 2 N–H and O–H groups in total. The molecule has 2 saturated carbocycles. The first-order chi connectivity index (χ1) is 31.1. The van der Waals surface area contributed by atoms with Crippen molar-refractivity contribution < 1.29 is 19.7 Å². The van der Waals surface area contributed by atoms with Gasteiger partial charge in [-0.05, 0) is 210 Å². The summed E-state index contributed by atoms with van der Waals surface area (Å²) in [6.45, 7) is 16.3. The summed E-state index contributed by atoms with van der Waals surface area (Å²) in [6.07, 6.45) is 25.2. The quantitative estimate of drug-likeness (QED) is 0.124. The molecule has 1 unspecified atom stereocenters. The van der Waals surface area contributed by atoms with Gasteiger partial charge in [0.1, 0.15) is 23.0 Å². The summed E-state index contributed by atoms with van der Waals surface area (Å²) in [5.41, 5.74) is 18.6. The summed E-state index contributed by atoms with van der Waals surface area (Å²) in [4.78, 5) is 0. The Morgan fingerprint density at radius 1 is 0.625 bits per heavy atom. The SMILES string of the molecule is CCC/C=C1/CCCC/C1=C(/CCC)c1cc(C)cc(-c2cc(C)ccc2OCCCOc2ccc(C)cc2-c2cc(C)cc(/C3=C4\CCCC\C4=C\CCCCCC3C)c2O)c1O. The maximum atomic E-state index is 12.4. The van der Waals surface area contributed by atoms with Gasteiger partial charge >= 0.3 is 0 Å². The van der Waals surface area contributed by atoms with E-state index in [4.69, 9.17) is 9.47 Å². The van der Waals surface area contributed by atoms with E-state index >= 15 is 0 Å². The fraction of sp³-hybridized carbons (Fsp3) is 0.467. The first kappa shape index (κ1) is 47.0. The van der Waals surface area contributed by atoms with E-state index in [0.29, 0.717) is 37.1 Å². The third-order valence-electron chi connectivity index (χ3n) is 13.9. The van der Waals surface area contributed by atoms with Crippen molar-refractivity contribution >= 4 is 11.1 Å². The van der Waals surface area contributed by atoms with Crippen molar-refractivity contribution in [3.05, 3.63) is 128 Å². The third kappa shape index (κ3) is 11.1. The van der Waals surface area contributed by atoms with Crippen LogP contribution < -0.4 is 9.47 Å². The molecule has 0 aromatic heterocycles. The predicted octanol–water partition coefficient (Wildman–Crippen LogP) is 17.2. The van der Waals surface area contributed by atoms with Crippen LogP contribution in [0, 0.1) is 33.6 Å². The van der Waals surface area contributed by atoms with Gasteiger partial charge in [0.05, 0.1) is 13.2 Å². The second-order valence-corrected chi connectivity index (χ2v) is 19.3. The molecular weight excluding hydrogens is 785 g/mol. The van der Waals surface area contributed by atoms with Crippen molar-refractivity contribution in [1.29, 1.82) is 0 Å². The van der Waals surface area contributed by atoms with E-state index in [9.17, 15) is 10.2 Å². The Kier molecular flexibility index (Phi) is 16.4. The molecule has 7 rings (SSSR count). The van der Waals surface area contributed by atoms with Gasteiger partial charge in [-0.1, -0.05) is 81.9 Å². The number of benzene rings is 4. The van der Waals surface area contributed by atoms with Gasteiger partial charge in [-0.25, -0.2) is 0 Å². The number of fused-ring (bicyclic) bond motifs is 1. The molecular formula is C60H76O4. The molecule has 4 heteroatoms. The average Bonchev–Trinajstić information content (AvgIpc) is 3.29. The molecule has 4 nitrogen and oxygen atoms in total. The van der Waals surface area contributed by atoms with E-state index in [0.717, 1.165) is 131 Å². The van der Waals surface area contributed by atoms with E-state index in [2.05, 4.69) is 115 Å². The summed E-state index contributed by atoms with van der Waals surface area (Å²) in [5, 5.41) is 24.6. The number of aromatic hydroxyl groups is 2. The number of phenolic OH excluding ortho intramolecular Hbond substituents is 2. The lowest BCUT2D eigenvalue weighted by molar-refractivity contribution is 0.248. The van der Waals surface area contributed by atoms with E-state index in [1.54, 1.807) is 0 Å². The highest BCUT2D eigenvalue weighted by Crippen LogP contribution is 2.49. The molecule has 64 heavy (non-hydrogen) atoms. The maximum absolute atomic E-state index is 12.4. The van der Waals surface area contributed by atoms with Crippen LogP contribution in [0.2, 0.25) is 0 Å². The Bertz CT molecular complexity index is 2400. The standard InChI is InChI=1S/C60H76O4/c1-8-10-22-45-24-15-17-26-47(45)49(20-9-2)52-36-42(5)37-53(59(52)61)50-34-40(3)28-30-56(50)63-32-19-33-64-57-31-29-41(4)35-51(57)54-38-43(6)39-55(60(54)62)58-44(7)21-13-11-12-14-23-46-25-16-18-27-48(46)58/h22-23,28-31,34-39,44,61-62H,8-21,24-27,32-33H2,1-7H3/b45-22-,46-23-,49-47+,58-48+. The Labute approximate surface area is 386 Å². The van der Waals surface area contributed by atoms with Crippen LogP contribution in [0.25, 0.3) is 33.4 Å². The molecule has 0 spiro atoms. The van der Waals surface area contributed by atoms with Crippen molar-refractivity contribution in [3.63, 3.8) is 0 Å². The van der Waals surface area contributed by atoms with E-state index < -0.39 is 0 Å². The van der Waals surface area contributed by atoms with Gasteiger partial charge < -0.3 is 19.7 Å². The summed E-state index contributed by atoms with van der Waals surface area (Å²) in [7, 11) is 0. The van der Waals surface area contributed by atoms with Crippen LogP contribution in [0.3, 0.4) is 0 Å². The van der Waals surface area contributed by atoms with Gasteiger partial charge in [-0.3, -0.25) is 0 Å². The number of aryl methyl sites for hydroxylation is 4. The van der Waals surface area contributed by atoms with Crippen molar-refractivity contribution in [2.24, 2.45) is 5.92 Å². The fourth-order valence-electron chi connectivity index (χ4n) is 10.7. The second kappa shape index (κ2) is 22.3. The lowest BCUT2D eigenvalue weighted by Crippen LogP contribution is -2.10. The molecule has 4 aromatic carbocycles. The van der Waals surface area contributed by atoms with Gasteiger partial charge in [-0.2, -0.15) is 0 Å². The first-order valence-electron chi connectivity index (χ1n) is 25.1. The lowest BCUT2D eigenvalue weighted by Gasteiger charge is -2.29. The van der Waals surface area contributed by atoms with E-state index in [1.165, 1.54) is 78.4 Å². The van der Waals surface area contributed by atoms with Crippen LogP contribution in [-0.4, -0.2) is 23.4 Å². The third-order valence-corrected chi connectivity index (χ3v) is 13.9. The van der Waals surface area contributed by atoms with Crippen LogP contribution in [0.5, 0.6) is 23.0 Å². The smallest absolute Gasteiger partial charge is 0.131 e. The Balaban J connectivity index is 1.13. The molecule has 0 saturated heterocycles. The minimum atomic E-state index is 0.345. The monoisotopic (exact) mass is 861 g/mol. The zero-order valence-corrected chi connectivity index (χ0v) is 40.4. The number of ether oxygens (including phenoxy) is 2. The van der Waals surface area contributed by atoms with Crippen LogP contribution in [0.4, 0.5) is 0 Å². The zero-order chi connectivity index (χ0) is 45.2. The number of phenols is 2. The number of hydrogen-bond acceptors (Lipinski definition) is 4. The second-order valence-electron chi connectivity index (χ2n) is 19.3. The fourth-order valence-corrected chi connectivity index (χ4v) is 10.7. The highest BCUT2D eigenvalue weighted by molar-refractivity contribution is 5.87. The van der Waals surface area contributed by atoms with Crippen LogP contribution >= 0.6 is 0 Å². The molecule has 3 aliphatic carbocycles. The topological polar surface area (TPSA) is 58.9 Å². The number of rotatable bonds is 14. The van der Waals surface area contributed by atoms with Crippen molar-refractivity contribution in [2.75, 3.05) is 13.2 Å². The molecule has 0 heterocycles. The normalized spacial score (nSPS) is 20.6. The highest BCUT2D eigenvalue weighted by Gasteiger charge is 2.27. The first-order valence-corrected chi connectivity index (χ1v) is 25.1. The van der Waals surface area contributed by atoms with Gasteiger partial charge in [-0.15, -0.1) is 0 Å². The maximum Gasteiger partial charge on any atom is 0.131 e. The lowest BCUT2D eigenvalue weighted by atomic mass is 9.76. The largest absolute Gasteiger partial charge is 0.507 e. The van der Waals surface area contributed by atoms with Crippen LogP contribution in [0.1, 0.15) is 170 Å². The van der Waals surface area contributed by atoms with E-state index in [1.807, 2.05) is 6.07 Å². The minimum absolute atomic E-state index is 0.345. The van der Waals surface area contributed by atoms with Gasteiger partial charge in [0.25, 0.3) is 0 Å². The predicted molar refractivity (Wildman–Crippen MR) is 271 cm³/mol.